The third-order valence-corrected chi connectivity index (χ3v) is 2.71. The molecular formula is C9H11FN2O3. The number of hydrogen-bond acceptors (Lipinski definition) is 3. The smallest absolute Gasteiger partial charge is 0.331 e. The second-order valence-electron chi connectivity index (χ2n) is 3.55. The lowest BCUT2D eigenvalue weighted by Gasteiger charge is -2.33. The van der Waals surface area contributed by atoms with Crippen LogP contribution in [0.15, 0.2) is 12.4 Å². The molecule has 1 aliphatic heterocycles. The summed E-state index contributed by atoms with van der Waals surface area (Å²) >= 11 is 0. The molecule has 1 aromatic heterocycles. The molecule has 2 heterocycles. The Morgan fingerprint density at radius 3 is 2.73 bits per heavy atom. The van der Waals surface area contributed by atoms with Crippen LogP contribution in [0, 0.1) is 5.82 Å². The molecule has 1 N–H and O–H groups in total. The molecule has 0 radical (unpaired) electrons. The van der Waals surface area contributed by atoms with Crippen LogP contribution < -0.4 is 0 Å². The van der Waals surface area contributed by atoms with Crippen molar-refractivity contribution in [2.45, 2.75) is 18.4 Å². The van der Waals surface area contributed by atoms with Gasteiger partial charge >= 0.3 is 5.97 Å². The highest BCUT2D eigenvalue weighted by atomic mass is 19.1. The highest BCUT2D eigenvalue weighted by Gasteiger charge is 2.43. The predicted molar refractivity (Wildman–Crippen MR) is 47.8 cm³/mol. The van der Waals surface area contributed by atoms with Crippen molar-refractivity contribution in [1.29, 1.82) is 0 Å². The summed E-state index contributed by atoms with van der Waals surface area (Å²) in [5, 5.41) is 13.0. The van der Waals surface area contributed by atoms with Crippen molar-refractivity contribution >= 4 is 5.97 Å². The van der Waals surface area contributed by atoms with Gasteiger partial charge in [0.15, 0.2) is 11.4 Å². The number of ether oxygens (including phenoxy) is 1. The molecular weight excluding hydrogens is 203 g/mol. The summed E-state index contributed by atoms with van der Waals surface area (Å²) in [5.41, 5.74) is -1.15. The van der Waals surface area contributed by atoms with Crippen molar-refractivity contribution < 1.29 is 19.0 Å². The first-order valence-electron chi connectivity index (χ1n) is 4.67. The van der Waals surface area contributed by atoms with Gasteiger partial charge in [-0.3, -0.25) is 4.68 Å². The van der Waals surface area contributed by atoms with Crippen LogP contribution in [0.4, 0.5) is 4.39 Å². The number of rotatable bonds is 2. The number of carboxylic acids is 1. The zero-order chi connectivity index (χ0) is 10.9. The Morgan fingerprint density at radius 2 is 2.27 bits per heavy atom. The second-order valence-corrected chi connectivity index (χ2v) is 3.55. The lowest BCUT2D eigenvalue weighted by atomic mass is 9.90. The van der Waals surface area contributed by atoms with Crippen molar-refractivity contribution in [2.24, 2.45) is 0 Å². The fourth-order valence-electron chi connectivity index (χ4n) is 1.78. The Kier molecular flexibility index (Phi) is 2.44. The molecule has 1 aromatic rings. The number of halogens is 1. The molecule has 1 aliphatic rings. The van der Waals surface area contributed by atoms with Gasteiger partial charge in [-0.15, -0.1) is 0 Å². The number of hydrogen-bond donors (Lipinski definition) is 1. The Bertz CT molecular complexity index is 371. The number of aromatic nitrogens is 2. The molecule has 0 unspecified atom stereocenters. The van der Waals surface area contributed by atoms with Gasteiger partial charge in [0, 0.05) is 26.1 Å². The van der Waals surface area contributed by atoms with Crippen LogP contribution in [0.2, 0.25) is 0 Å². The normalized spacial score (nSPS) is 20.1. The first-order chi connectivity index (χ1) is 7.15. The quantitative estimate of drug-likeness (QED) is 0.783. The van der Waals surface area contributed by atoms with Crippen LogP contribution in [0.5, 0.6) is 0 Å². The van der Waals surface area contributed by atoms with Gasteiger partial charge in [0.05, 0.1) is 12.4 Å². The lowest BCUT2D eigenvalue weighted by Crippen LogP contribution is -2.46. The first kappa shape index (κ1) is 10.1. The van der Waals surface area contributed by atoms with Crippen LogP contribution in [-0.4, -0.2) is 34.1 Å². The third kappa shape index (κ3) is 1.61. The minimum absolute atomic E-state index is 0.309. The summed E-state index contributed by atoms with van der Waals surface area (Å²) in [5.74, 6) is -1.52. The zero-order valence-corrected chi connectivity index (χ0v) is 8.02. The van der Waals surface area contributed by atoms with E-state index in [4.69, 9.17) is 4.74 Å². The largest absolute Gasteiger partial charge is 0.479 e. The van der Waals surface area contributed by atoms with E-state index in [1.807, 2.05) is 0 Å². The number of aliphatic carboxylic acids is 1. The highest BCUT2D eigenvalue weighted by Crippen LogP contribution is 2.29. The number of nitrogens with zero attached hydrogens (tertiary/aromatic N) is 2. The fraction of sp³-hybridized carbons (Fsp3) is 0.556. The minimum Gasteiger partial charge on any atom is -0.479 e. The highest BCUT2D eigenvalue weighted by molar-refractivity contribution is 5.76. The van der Waals surface area contributed by atoms with Crippen molar-refractivity contribution in [1.82, 2.24) is 9.78 Å². The van der Waals surface area contributed by atoms with Crippen LogP contribution in [0.25, 0.3) is 0 Å². The molecule has 82 valence electrons. The van der Waals surface area contributed by atoms with E-state index in [1.54, 1.807) is 0 Å². The second kappa shape index (κ2) is 3.62. The minimum atomic E-state index is -1.15. The summed E-state index contributed by atoms with van der Waals surface area (Å²) in [6, 6.07) is 0. The molecule has 5 nitrogen and oxygen atoms in total. The summed E-state index contributed by atoms with van der Waals surface area (Å²) in [4.78, 5) is 11.2. The summed E-state index contributed by atoms with van der Waals surface area (Å²) in [6.07, 6.45) is 2.74. The van der Waals surface area contributed by atoms with E-state index in [1.165, 1.54) is 4.68 Å². The average Bonchev–Trinajstić information content (AvgIpc) is 2.66. The molecule has 0 bridgehead atoms. The summed E-state index contributed by atoms with van der Waals surface area (Å²) in [7, 11) is 0. The average molecular weight is 214 g/mol. The standard InChI is InChI=1S/C9H11FN2O3/c10-7-5-11-12(6-7)9(8(13)14)1-3-15-4-2-9/h5-6H,1-4H2,(H,13,14). The maximum Gasteiger partial charge on any atom is 0.331 e. The molecule has 6 heteroatoms. The molecule has 15 heavy (non-hydrogen) atoms. The van der Waals surface area contributed by atoms with Crippen LogP contribution in [0.1, 0.15) is 12.8 Å². The Morgan fingerprint density at radius 1 is 1.60 bits per heavy atom. The SMILES string of the molecule is O=C(O)C1(n2cc(F)cn2)CCOCC1. The van der Waals surface area contributed by atoms with E-state index in [0.717, 1.165) is 12.4 Å². The van der Waals surface area contributed by atoms with Crippen LogP contribution in [-0.2, 0) is 15.1 Å². The van der Waals surface area contributed by atoms with Gasteiger partial charge in [-0.25, -0.2) is 9.18 Å². The molecule has 1 fully saturated rings. The van der Waals surface area contributed by atoms with Crippen molar-refractivity contribution in [3.05, 3.63) is 18.2 Å². The third-order valence-electron chi connectivity index (χ3n) is 2.71. The van der Waals surface area contributed by atoms with Gasteiger partial charge in [-0.2, -0.15) is 5.10 Å². The summed E-state index contributed by atoms with van der Waals surface area (Å²) < 4.78 is 19.1. The summed E-state index contributed by atoms with van der Waals surface area (Å²) in [6.45, 7) is 0.710. The molecule has 0 spiro atoms. The van der Waals surface area contributed by atoms with Crippen LogP contribution in [0.3, 0.4) is 0 Å². The van der Waals surface area contributed by atoms with Gasteiger partial charge in [0.1, 0.15) is 0 Å². The van der Waals surface area contributed by atoms with E-state index in [-0.39, 0.29) is 0 Å². The van der Waals surface area contributed by atoms with Crippen molar-refractivity contribution in [3.8, 4) is 0 Å². The molecule has 0 atom stereocenters. The lowest BCUT2D eigenvalue weighted by molar-refractivity contribution is -0.153. The number of carboxylic acid groups (broad SMARTS) is 1. The molecule has 0 aromatic carbocycles. The maximum absolute atomic E-state index is 12.8. The van der Waals surface area contributed by atoms with Crippen molar-refractivity contribution in [2.75, 3.05) is 13.2 Å². The Hall–Kier alpha value is -1.43. The van der Waals surface area contributed by atoms with Crippen molar-refractivity contribution in [3.63, 3.8) is 0 Å². The molecule has 0 aliphatic carbocycles. The predicted octanol–water partition coefficient (Wildman–Crippen LogP) is 0.613. The molecule has 1 saturated heterocycles. The fourth-order valence-corrected chi connectivity index (χ4v) is 1.78. The monoisotopic (exact) mass is 214 g/mol. The zero-order valence-electron chi connectivity index (χ0n) is 8.02. The van der Waals surface area contributed by atoms with E-state index in [2.05, 4.69) is 5.10 Å². The first-order valence-corrected chi connectivity index (χ1v) is 4.67. The topological polar surface area (TPSA) is 64.3 Å². The van der Waals surface area contributed by atoms with Gasteiger partial charge in [0.2, 0.25) is 0 Å². The van der Waals surface area contributed by atoms with E-state index < -0.39 is 17.3 Å². The van der Waals surface area contributed by atoms with E-state index in [0.29, 0.717) is 26.1 Å². The van der Waals surface area contributed by atoms with Crippen LogP contribution >= 0.6 is 0 Å². The maximum atomic E-state index is 12.8. The van der Waals surface area contributed by atoms with Gasteiger partial charge in [-0.05, 0) is 0 Å². The van der Waals surface area contributed by atoms with Gasteiger partial charge < -0.3 is 9.84 Å². The van der Waals surface area contributed by atoms with E-state index >= 15 is 0 Å². The van der Waals surface area contributed by atoms with Gasteiger partial charge in [-0.1, -0.05) is 0 Å². The van der Waals surface area contributed by atoms with Gasteiger partial charge in [0.25, 0.3) is 0 Å². The van der Waals surface area contributed by atoms with E-state index in [9.17, 15) is 14.3 Å². The molecule has 0 saturated carbocycles. The number of carbonyl (C=O) groups is 1. The molecule has 2 rings (SSSR count). The Balaban J connectivity index is 2.37. The molecule has 0 amide bonds. The Labute approximate surface area is 85.5 Å².